The lowest BCUT2D eigenvalue weighted by Gasteiger charge is -2.15. The van der Waals surface area contributed by atoms with Crippen LogP contribution in [0.2, 0.25) is 0 Å². The van der Waals surface area contributed by atoms with E-state index in [0.29, 0.717) is 0 Å². The number of aromatic nitrogens is 1. The van der Waals surface area contributed by atoms with Gasteiger partial charge >= 0.3 is 6.03 Å². The van der Waals surface area contributed by atoms with Crippen molar-refractivity contribution in [3.8, 4) is 5.75 Å². The number of carbonyl (C=O) groups is 1. The van der Waals surface area contributed by atoms with E-state index >= 15 is 0 Å². The number of hydrogen-bond acceptors (Lipinski definition) is 4. The number of thiazole rings is 1. The smallest absolute Gasteiger partial charge is 0.319 e. The normalized spacial score (nSPS) is 12.0. The van der Waals surface area contributed by atoms with E-state index in [2.05, 4.69) is 15.6 Å². The third-order valence-corrected chi connectivity index (χ3v) is 3.95. The molecule has 2 aromatic rings. The van der Waals surface area contributed by atoms with Crippen LogP contribution < -0.4 is 15.4 Å². The van der Waals surface area contributed by atoms with Crippen LogP contribution in [-0.4, -0.2) is 17.1 Å². The van der Waals surface area contributed by atoms with Crippen molar-refractivity contribution in [2.45, 2.75) is 39.8 Å². The first-order valence-electron chi connectivity index (χ1n) is 7.20. The molecule has 1 heterocycles. The van der Waals surface area contributed by atoms with Gasteiger partial charge < -0.3 is 15.4 Å². The maximum Gasteiger partial charge on any atom is 0.319 e. The molecular formula is C16H21N3O2S. The average molecular weight is 319 g/mol. The van der Waals surface area contributed by atoms with Crippen molar-refractivity contribution >= 4 is 23.1 Å². The van der Waals surface area contributed by atoms with Crippen molar-refractivity contribution in [2.24, 2.45) is 0 Å². The molecule has 5 nitrogen and oxygen atoms in total. The second-order valence-electron chi connectivity index (χ2n) is 5.33. The molecule has 0 aliphatic carbocycles. The summed E-state index contributed by atoms with van der Waals surface area (Å²) < 4.78 is 5.63. The molecule has 2 rings (SSSR count). The third-order valence-electron chi connectivity index (χ3n) is 2.99. The Morgan fingerprint density at radius 2 is 2.09 bits per heavy atom. The summed E-state index contributed by atoms with van der Waals surface area (Å²) in [7, 11) is 0. The minimum atomic E-state index is -0.247. The molecule has 2 amide bonds. The Morgan fingerprint density at radius 1 is 1.32 bits per heavy atom. The van der Waals surface area contributed by atoms with Gasteiger partial charge in [0.05, 0.1) is 12.1 Å². The van der Waals surface area contributed by atoms with Crippen molar-refractivity contribution < 1.29 is 9.53 Å². The van der Waals surface area contributed by atoms with Gasteiger partial charge in [0, 0.05) is 17.3 Å². The van der Waals surface area contributed by atoms with Crippen LogP contribution in [0.5, 0.6) is 5.75 Å². The molecule has 0 radical (unpaired) electrons. The third kappa shape index (κ3) is 4.46. The van der Waals surface area contributed by atoms with Crippen LogP contribution in [0.1, 0.15) is 37.4 Å². The lowest BCUT2D eigenvalue weighted by molar-refractivity contribution is 0.242. The van der Waals surface area contributed by atoms with E-state index in [1.807, 2.05) is 51.3 Å². The number of urea groups is 1. The molecule has 1 aromatic carbocycles. The van der Waals surface area contributed by atoms with Gasteiger partial charge in [0.15, 0.2) is 0 Å². The van der Waals surface area contributed by atoms with Gasteiger partial charge in [-0.05, 0) is 51.5 Å². The summed E-state index contributed by atoms with van der Waals surface area (Å²) in [6.45, 7) is 7.81. The van der Waals surface area contributed by atoms with E-state index in [9.17, 15) is 4.79 Å². The van der Waals surface area contributed by atoms with E-state index in [4.69, 9.17) is 4.74 Å². The summed E-state index contributed by atoms with van der Waals surface area (Å²) in [6.07, 6.45) is 1.86. The zero-order valence-corrected chi connectivity index (χ0v) is 14.0. The van der Waals surface area contributed by atoms with Gasteiger partial charge in [-0.3, -0.25) is 0 Å². The maximum atomic E-state index is 12.1. The molecule has 118 valence electrons. The van der Waals surface area contributed by atoms with E-state index in [1.54, 1.807) is 6.20 Å². The summed E-state index contributed by atoms with van der Waals surface area (Å²) >= 11 is 1.52. The highest BCUT2D eigenvalue weighted by molar-refractivity contribution is 7.09. The Labute approximate surface area is 134 Å². The van der Waals surface area contributed by atoms with Crippen LogP contribution in [0.4, 0.5) is 10.5 Å². The van der Waals surface area contributed by atoms with Crippen LogP contribution in [0.15, 0.2) is 29.8 Å². The van der Waals surface area contributed by atoms with Crippen molar-refractivity contribution in [3.63, 3.8) is 0 Å². The molecule has 6 heteroatoms. The Morgan fingerprint density at radius 3 is 2.68 bits per heavy atom. The highest BCUT2D eigenvalue weighted by Gasteiger charge is 2.12. The first-order chi connectivity index (χ1) is 10.5. The second kappa shape index (κ2) is 7.26. The first kappa shape index (κ1) is 16.3. The number of anilines is 1. The van der Waals surface area contributed by atoms with Crippen LogP contribution in [-0.2, 0) is 0 Å². The fraction of sp³-hybridized carbons (Fsp3) is 0.375. The van der Waals surface area contributed by atoms with E-state index < -0.39 is 0 Å². The standard InChI is InChI=1S/C16H21N3O2S/c1-10(2)21-13-5-6-14(11(3)9-13)19-16(20)18-12(4)15-17-7-8-22-15/h5-10,12H,1-4H3,(H2,18,19,20)/t12-/m0/s1. The number of benzene rings is 1. The van der Waals surface area contributed by atoms with Crippen molar-refractivity contribution in [3.05, 3.63) is 40.3 Å². The van der Waals surface area contributed by atoms with Gasteiger partial charge in [-0.15, -0.1) is 11.3 Å². The van der Waals surface area contributed by atoms with E-state index in [1.165, 1.54) is 11.3 Å². The fourth-order valence-corrected chi connectivity index (χ4v) is 2.63. The van der Waals surface area contributed by atoms with Crippen molar-refractivity contribution in [1.29, 1.82) is 0 Å². The monoisotopic (exact) mass is 319 g/mol. The van der Waals surface area contributed by atoms with Crippen LogP contribution in [0.25, 0.3) is 0 Å². The molecule has 1 aromatic heterocycles. The number of amides is 2. The first-order valence-corrected chi connectivity index (χ1v) is 8.08. The van der Waals surface area contributed by atoms with Gasteiger partial charge in [-0.25, -0.2) is 9.78 Å². The molecule has 0 spiro atoms. The SMILES string of the molecule is Cc1cc(OC(C)C)ccc1NC(=O)N[C@@H](C)c1nccs1. The van der Waals surface area contributed by atoms with Gasteiger partial charge in [0.2, 0.25) is 0 Å². The molecule has 0 bridgehead atoms. The summed E-state index contributed by atoms with van der Waals surface area (Å²) in [5.41, 5.74) is 1.72. The second-order valence-corrected chi connectivity index (χ2v) is 6.26. The number of carbonyl (C=O) groups excluding carboxylic acids is 1. The van der Waals surface area contributed by atoms with Crippen LogP contribution in [0, 0.1) is 6.92 Å². The summed E-state index contributed by atoms with van der Waals surface area (Å²) in [5.74, 6) is 0.801. The molecule has 22 heavy (non-hydrogen) atoms. The van der Waals surface area contributed by atoms with Gasteiger partial charge in [-0.1, -0.05) is 0 Å². The molecule has 0 saturated carbocycles. The van der Waals surface area contributed by atoms with Gasteiger partial charge in [0.25, 0.3) is 0 Å². The number of nitrogens with zero attached hydrogens (tertiary/aromatic N) is 1. The molecule has 0 unspecified atom stereocenters. The predicted molar refractivity (Wildman–Crippen MR) is 89.6 cm³/mol. The predicted octanol–water partition coefficient (Wildman–Crippen LogP) is 4.12. The van der Waals surface area contributed by atoms with E-state index in [0.717, 1.165) is 22.0 Å². The minimum Gasteiger partial charge on any atom is -0.491 e. The topological polar surface area (TPSA) is 63.2 Å². The molecule has 1 atom stereocenters. The number of aryl methyl sites for hydroxylation is 1. The molecular weight excluding hydrogens is 298 g/mol. The van der Waals surface area contributed by atoms with Crippen LogP contribution >= 0.6 is 11.3 Å². The summed E-state index contributed by atoms with van der Waals surface area (Å²) in [4.78, 5) is 16.2. The molecule has 0 aliphatic heterocycles. The molecule has 0 fully saturated rings. The number of ether oxygens (including phenoxy) is 1. The quantitative estimate of drug-likeness (QED) is 0.871. The highest BCUT2D eigenvalue weighted by atomic mass is 32.1. The largest absolute Gasteiger partial charge is 0.491 e. The Balaban J connectivity index is 1.96. The Kier molecular flexibility index (Phi) is 5.38. The summed E-state index contributed by atoms with van der Waals surface area (Å²) in [6, 6.07) is 5.25. The van der Waals surface area contributed by atoms with Gasteiger partial charge in [0.1, 0.15) is 10.8 Å². The highest BCUT2D eigenvalue weighted by Crippen LogP contribution is 2.22. The van der Waals surface area contributed by atoms with Crippen molar-refractivity contribution in [2.75, 3.05) is 5.32 Å². The zero-order valence-electron chi connectivity index (χ0n) is 13.2. The fourth-order valence-electron chi connectivity index (χ4n) is 1.99. The minimum absolute atomic E-state index is 0.121. The lowest BCUT2D eigenvalue weighted by atomic mass is 10.2. The van der Waals surface area contributed by atoms with Gasteiger partial charge in [-0.2, -0.15) is 0 Å². The number of rotatable bonds is 5. The zero-order chi connectivity index (χ0) is 16.1. The van der Waals surface area contributed by atoms with E-state index in [-0.39, 0.29) is 18.2 Å². The van der Waals surface area contributed by atoms with Crippen molar-refractivity contribution in [1.82, 2.24) is 10.3 Å². The summed E-state index contributed by atoms with van der Waals surface area (Å²) in [5, 5.41) is 8.50. The average Bonchev–Trinajstić information content (AvgIpc) is 2.95. The molecule has 0 aliphatic rings. The Bertz CT molecular complexity index is 626. The Hall–Kier alpha value is -2.08. The van der Waals surface area contributed by atoms with Crippen LogP contribution in [0.3, 0.4) is 0 Å². The molecule has 2 N–H and O–H groups in total. The maximum absolute atomic E-state index is 12.1. The lowest BCUT2D eigenvalue weighted by Crippen LogP contribution is -2.31. The molecule has 0 saturated heterocycles. The number of nitrogens with one attached hydrogen (secondary N) is 2. The number of hydrogen-bond donors (Lipinski definition) is 2.